The molecule has 0 bridgehead atoms. The fourth-order valence-corrected chi connectivity index (χ4v) is 1.69. The van der Waals surface area contributed by atoms with Crippen molar-refractivity contribution in [2.24, 2.45) is 0 Å². The molecular weight excluding hydrogens is 356 g/mol. The molecule has 0 spiro atoms. The first-order valence-corrected chi connectivity index (χ1v) is 6.49. The molecule has 0 aliphatic rings. The van der Waals surface area contributed by atoms with E-state index >= 15 is 0 Å². The summed E-state index contributed by atoms with van der Waals surface area (Å²) in [7, 11) is 0. The Balaban J connectivity index is 7.83. The van der Waals surface area contributed by atoms with Gasteiger partial charge in [-0.1, -0.05) is 0 Å². The van der Waals surface area contributed by atoms with Gasteiger partial charge in [0.2, 0.25) is 0 Å². The van der Waals surface area contributed by atoms with E-state index in [1.54, 1.807) is 0 Å². The highest BCUT2D eigenvalue weighted by Gasteiger charge is 2.25. The molecule has 0 saturated carbocycles. The van der Waals surface area contributed by atoms with Gasteiger partial charge in [-0.2, -0.15) is 52.6 Å². The van der Waals surface area contributed by atoms with Crippen LogP contribution in [0.15, 0.2) is 44.6 Å². The van der Waals surface area contributed by atoms with Crippen molar-refractivity contribution in [1.29, 1.82) is 52.6 Å². The largest absolute Gasteiger partial charge is 0.192 e. The summed E-state index contributed by atoms with van der Waals surface area (Å²) in [6.07, 6.45) is 0. The van der Waals surface area contributed by atoms with Crippen molar-refractivity contribution in [2.45, 2.75) is 0 Å². The molecule has 0 aliphatic carbocycles. The van der Waals surface area contributed by atoms with E-state index in [9.17, 15) is 21.0 Å². The monoisotopic (exact) mass is 356 g/mol. The maximum atomic E-state index is 9.37. The van der Waals surface area contributed by atoms with Crippen molar-refractivity contribution in [1.82, 2.24) is 0 Å². The third kappa shape index (κ3) is 4.03. The van der Waals surface area contributed by atoms with Gasteiger partial charge in [0.05, 0.1) is 33.4 Å². The molecule has 0 aliphatic heterocycles. The van der Waals surface area contributed by atoms with E-state index in [0.29, 0.717) is 0 Å². The van der Waals surface area contributed by atoms with Gasteiger partial charge in [-0.25, -0.2) is 0 Å². The van der Waals surface area contributed by atoms with Crippen LogP contribution < -0.4 is 0 Å². The second-order valence-electron chi connectivity index (χ2n) is 4.12. The van der Waals surface area contributed by atoms with Gasteiger partial charge < -0.3 is 0 Å². The van der Waals surface area contributed by atoms with Crippen LogP contribution in [0.4, 0.5) is 0 Å². The highest BCUT2D eigenvalue weighted by molar-refractivity contribution is 5.74. The predicted octanol–water partition coefficient (Wildman–Crippen LogP) is 1.41. The van der Waals surface area contributed by atoms with E-state index in [-0.39, 0.29) is 0 Å². The highest BCUT2D eigenvalue weighted by atomic mass is 14.4. The van der Waals surface area contributed by atoms with Gasteiger partial charge in [0.1, 0.15) is 71.8 Å². The second-order valence-corrected chi connectivity index (χ2v) is 4.12. The molecule has 0 aromatic heterocycles. The predicted molar refractivity (Wildman–Crippen MR) is 84.2 cm³/mol. The molecule has 0 aromatic carbocycles. The van der Waals surface area contributed by atoms with Crippen LogP contribution in [0.25, 0.3) is 0 Å². The van der Waals surface area contributed by atoms with E-state index in [0.717, 1.165) is 0 Å². The summed E-state index contributed by atoms with van der Waals surface area (Å²) in [6, 6.07) is 13.9. The minimum Gasteiger partial charge on any atom is -0.192 e. The topological polar surface area (TPSA) is 238 Å². The zero-order valence-corrected chi connectivity index (χ0v) is 13.5. The summed E-state index contributed by atoms with van der Waals surface area (Å²) in [5, 5.41) is 91.2. The maximum Gasteiger partial charge on any atom is 0.148 e. The molecular formula is C18N10. The van der Waals surface area contributed by atoms with Crippen LogP contribution in [0.5, 0.6) is 0 Å². The van der Waals surface area contributed by atoms with Crippen LogP contribution in [-0.4, -0.2) is 0 Å². The van der Waals surface area contributed by atoms with Crippen molar-refractivity contribution in [3.05, 3.63) is 44.6 Å². The number of nitrogens with zero attached hydrogens (tertiary/aromatic N) is 10. The van der Waals surface area contributed by atoms with Crippen LogP contribution in [-0.2, 0) is 0 Å². The molecule has 0 fully saturated rings. The molecule has 28 heavy (non-hydrogen) atoms. The van der Waals surface area contributed by atoms with Gasteiger partial charge in [0.25, 0.3) is 0 Å². The lowest BCUT2D eigenvalue weighted by molar-refractivity contribution is 1.31. The van der Waals surface area contributed by atoms with E-state index in [2.05, 4.69) is 0 Å². The first-order chi connectivity index (χ1) is 13.5. The lowest BCUT2D eigenvalue weighted by atomic mass is 9.89. The Labute approximate surface area is 158 Å². The zero-order valence-electron chi connectivity index (χ0n) is 13.5. The summed E-state index contributed by atoms with van der Waals surface area (Å²) in [5.41, 5.74) is -6.79. The number of hydrogen-bond donors (Lipinski definition) is 0. The average Bonchev–Trinajstić information content (AvgIpc) is 2.73. The van der Waals surface area contributed by atoms with Gasteiger partial charge >= 0.3 is 0 Å². The zero-order chi connectivity index (χ0) is 21.7. The van der Waals surface area contributed by atoms with Crippen LogP contribution in [0.2, 0.25) is 0 Å². The molecule has 10 heteroatoms. The Morgan fingerprint density at radius 2 is 0.429 bits per heavy atom. The van der Waals surface area contributed by atoms with E-state index < -0.39 is 44.6 Å². The molecule has 0 heterocycles. The summed E-state index contributed by atoms with van der Waals surface area (Å²) < 4.78 is 0. The summed E-state index contributed by atoms with van der Waals surface area (Å²) in [5.74, 6) is 0. The van der Waals surface area contributed by atoms with Gasteiger partial charge in [0.15, 0.2) is 0 Å². The molecule has 0 saturated heterocycles. The molecule has 0 amide bonds. The van der Waals surface area contributed by atoms with E-state index in [1.807, 2.05) is 0 Å². The molecule has 0 atom stereocenters. The van der Waals surface area contributed by atoms with Gasteiger partial charge in [-0.15, -0.1) is 0 Å². The molecule has 0 aromatic rings. The van der Waals surface area contributed by atoms with Crippen LogP contribution >= 0.6 is 0 Å². The Hall–Kier alpha value is -6.14. The Kier molecular flexibility index (Phi) is 8.28. The Morgan fingerprint density at radius 1 is 0.250 bits per heavy atom. The summed E-state index contributed by atoms with van der Waals surface area (Å²) >= 11 is 0. The number of nitriles is 10. The lowest BCUT2D eigenvalue weighted by Crippen LogP contribution is -2.02. The normalized spacial score (nSPS) is 9.50. The minimum atomic E-state index is -0.885. The van der Waals surface area contributed by atoms with Crippen LogP contribution in [0, 0.1) is 113 Å². The Bertz CT molecular complexity index is 1160. The van der Waals surface area contributed by atoms with Gasteiger partial charge in [0, 0.05) is 0 Å². The summed E-state index contributed by atoms with van der Waals surface area (Å²) in [4.78, 5) is 0. The van der Waals surface area contributed by atoms with Crippen molar-refractivity contribution < 1.29 is 0 Å². The highest BCUT2D eigenvalue weighted by Crippen LogP contribution is 2.27. The van der Waals surface area contributed by atoms with Crippen molar-refractivity contribution in [2.75, 3.05) is 0 Å². The third-order valence-electron chi connectivity index (χ3n) is 2.87. The first-order valence-electron chi connectivity index (χ1n) is 6.49. The molecule has 0 radical (unpaired) electrons. The molecule has 0 N–H and O–H groups in total. The molecule has 0 unspecified atom stereocenters. The quantitative estimate of drug-likeness (QED) is 0.519. The fraction of sp³-hybridized carbons (Fsp3) is 0. The Morgan fingerprint density at radius 3 is 0.571 bits per heavy atom. The van der Waals surface area contributed by atoms with E-state index in [1.165, 1.54) is 60.7 Å². The molecule has 0 rings (SSSR count). The minimum absolute atomic E-state index is 0.822. The standard InChI is InChI=1S/C18N10/c19-1-11(2-20)13(5-23)15(7-25)17(9-27)18(10-28)16(8-26)14(6-24)12(3-21)4-22/b17-15+,18-16+. The number of rotatable bonds is 3. The van der Waals surface area contributed by atoms with Gasteiger partial charge in [-0.05, 0) is 0 Å². The maximum absolute atomic E-state index is 9.37. The molecule has 10 nitrogen and oxygen atoms in total. The lowest BCUT2D eigenvalue weighted by Gasteiger charge is -2.04. The van der Waals surface area contributed by atoms with Crippen molar-refractivity contribution in [3.8, 4) is 60.7 Å². The fourth-order valence-electron chi connectivity index (χ4n) is 1.69. The van der Waals surface area contributed by atoms with Crippen molar-refractivity contribution >= 4 is 0 Å². The summed E-state index contributed by atoms with van der Waals surface area (Å²) in [6.45, 7) is 0. The SMILES string of the molecule is N#CC(C#N)=C(C#N)/C(C#N)=C(C#N)/C(C#N)=C(\C#N)C(C#N)=C(C#N)C#N. The van der Waals surface area contributed by atoms with Crippen LogP contribution in [0.1, 0.15) is 0 Å². The van der Waals surface area contributed by atoms with E-state index in [4.69, 9.17) is 31.6 Å². The van der Waals surface area contributed by atoms with Gasteiger partial charge in [-0.3, -0.25) is 0 Å². The van der Waals surface area contributed by atoms with Crippen molar-refractivity contribution in [3.63, 3.8) is 0 Å². The molecule has 122 valence electrons. The smallest absolute Gasteiger partial charge is 0.148 e. The third-order valence-corrected chi connectivity index (χ3v) is 2.87. The van der Waals surface area contributed by atoms with Crippen LogP contribution in [0.3, 0.4) is 0 Å². The number of allylic oxidation sites excluding steroid dienone is 8. The first kappa shape index (κ1) is 21.9. The average molecular weight is 356 g/mol. The second kappa shape index (κ2) is 10.6. The number of hydrogen-bond acceptors (Lipinski definition) is 10.